The van der Waals surface area contributed by atoms with Crippen LogP contribution in [0.1, 0.15) is 11.1 Å². The lowest BCUT2D eigenvalue weighted by molar-refractivity contribution is -0.168. The molecule has 0 aliphatic heterocycles. The van der Waals surface area contributed by atoms with E-state index in [0.29, 0.717) is 0 Å². The Kier molecular flexibility index (Phi) is 4.85. The minimum Gasteiger partial charge on any atom is -0.393 e. The van der Waals surface area contributed by atoms with Crippen LogP contribution in [0, 0.1) is 0 Å². The van der Waals surface area contributed by atoms with Gasteiger partial charge in [-0.2, -0.15) is 0 Å². The molecule has 0 fully saturated rings. The van der Waals surface area contributed by atoms with Crippen molar-refractivity contribution in [2.45, 2.75) is 18.4 Å². The van der Waals surface area contributed by atoms with Gasteiger partial charge in [0.1, 0.15) is 0 Å². The van der Waals surface area contributed by atoms with Crippen LogP contribution in [-0.2, 0) is 27.2 Å². The highest BCUT2D eigenvalue weighted by Gasteiger charge is 2.38. The lowest BCUT2D eigenvalue weighted by Crippen LogP contribution is -2.44. The summed E-state index contributed by atoms with van der Waals surface area (Å²) in [6.07, 6.45) is 0.158. The highest BCUT2D eigenvalue weighted by atomic mass is 16.6. The summed E-state index contributed by atoms with van der Waals surface area (Å²) >= 11 is 0. The number of aliphatic hydroxyl groups is 1. The maximum Gasteiger partial charge on any atom is 0.346 e. The zero-order chi connectivity index (χ0) is 15.1. The molecular formula is C17H16O4. The Hall–Kier alpha value is -2.46. The van der Waals surface area contributed by atoms with E-state index >= 15 is 0 Å². The first-order chi connectivity index (χ1) is 10.1. The Morgan fingerprint density at radius 3 is 1.76 bits per heavy atom. The van der Waals surface area contributed by atoms with Crippen molar-refractivity contribution in [3.8, 4) is 0 Å². The maximum atomic E-state index is 12.0. The van der Waals surface area contributed by atoms with Crippen molar-refractivity contribution in [3.63, 3.8) is 0 Å². The molecule has 0 saturated carbocycles. The summed E-state index contributed by atoms with van der Waals surface area (Å²) < 4.78 is 4.38. The van der Waals surface area contributed by atoms with Gasteiger partial charge in [-0.1, -0.05) is 60.7 Å². The second kappa shape index (κ2) is 6.81. The molecule has 4 heteroatoms. The largest absolute Gasteiger partial charge is 0.393 e. The third kappa shape index (κ3) is 4.00. The fraction of sp³-hybridized carbons (Fsp3) is 0.176. The molecule has 0 heterocycles. The summed E-state index contributed by atoms with van der Waals surface area (Å²) in [4.78, 5) is 22.4. The van der Waals surface area contributed by atoms with Crippen LogP contribution in [0.3, 0.4) is 0 Å². The van der Waals surface area contributed by atoms with Gasteiger partial charge in [-0.15, -0.1) is 0 Å². The van der Waals surface area contributed by atoms with Gasteiger partial charge in [-0.3, -0.25) is 4.79 Å². The van der Waals surface area contributed by atoms with Crippen molar-refractivity contribution in [2.75, 3.05) is 0 Å². The quantitative estimate of drug-likeness (QED) is 0.500. The molecule has 0 aliphatic rings. The van der Waals surface area contributed by atoms with Gasteiger partial charge >= 0.3 is 12.4 Å². The number of rotatable bonds is 6. The average molecular weight is 284 g/mol. The highest BCUT2D eigenvalue weighted by molar-refractivity contribution is 5.85. The number of ether oxygens (including phenoxy) is 1. The van der Waals surface area contributed by atoms with E-state index in [2.05, 4.69) is 4.74 Å². The van der Waals surface area contributed by atoms with Gasteiger partial charge in [-0.25, -0.2) is 4.79 Å². The Morgan fingerprint density at radius 2 is 1.38 bits per heavy atom. The first kappa shape index (κ1) is 14.9. The summed E-state index contributed by atoms with van der Waals surface area (Å²) in [5.41, 5.74) is -0.193. The maximum absolute atomic E-state index is 12.0. The number of hydrogen-bond acceptors (Lipinski definition) is 4. The van der Waals surface area contributed by atoms with Gasteiger partial charge in [0.25, 0.3) is 0 Å². The predicted octanol–water partition coefficient (Wildman–Crippen LogP) is 1.90. The second-order valence-electron chi connectivity index (χ2n) is 4.86. The molecule has 2 aromatic rings. The summed E-state index contributed by atoms with van der Waals surface area (Å²) in [7, 11) is 0. The van der Waals surface area contributed by atoms with Crippen molar-refractivity contribution >= 4 is 12.4 Å². The van der Waals surface area contributed by atoms with Crippen LogP contribution in [0.5, 0.6) is 0 Å². The molecule has 108 valence electrons. The van der Waals surface area contributed by atoms with Crippen molar-refractivity contribution in [3.05, 3.63) is 71.8 Å². The van der Waals surface area contributed by atoms with Crippen LogP contribution in [-0.4, -0.2) is 23.1 Å². The summed E-state index contributed by atoms with van der Waals surface area (Å²) in [6.45, 7) is 0.0449. The van der Waals surface area contributed by atoms with Crippen molar-refractivity contribution < 1.29 is 19.4 Å². The molecule has 21 heavy (non-hydrogen) atoms. The fourth-order valence-electron chi connectivity index (χ4n) is 2.23. The Morgan fingerprint density at radius 1 is 0.952 bits per heavy atom. The Labute approximate surface area is 123 Å². The molecule has 0 radical (unpaired) electrons. The minimum atomic E-state index is -1.77. The first-order valence-electron chi connectivity index (χ1n) is 6.59. The normalized spacial score (nSPS) is 10.9. The zero-order valence-corrected chi connectivity index (χ0v) is 11.4. The van der Waals surface area contributed by atoms with E-state index < -0.39 is 11.6 Å². The lowest BCUT2D eigenvalue weighted by Gasteiger charge is -2.25. The lowest BCUT2D eigenvalue weighted by atomic mass is 9.88. The highest BCUT2D eigenvalue weighted by Crippen LogP contribution is 2.21. The smallest absolute Gasteiger partial charge is 0.346 e. The van der Waals surface area contributed by atoms with Crippen LogP contribution >= 0.6 is 0 Å². The number of benzene rings is 2. The van der Waals surface area contributed by atoms with Gasteiger partial charge in [-0.05, 0) is 11.1 Å². The van der Waals surface area contributed by atoms with Crippen molar-refractivity contribution in [1.29, 1.82) is 0 Å². The molecule has 1 N–H and O–H groups in total. The van der Waals surface area contributed by atoms with Gasteiger partial charge in [0.15, 0.2) is 5.60 Å². The number of carbonyl (C=O) groups is 2. The molecule has 0 saturated heterocycles. The molecule has 2 aromatic carbocycles. The molecule has 0 aliphatic carbocycles. The van der Waals surface area contributed by atoms with Crippen LogP contribution in [0.15, 0.2) is 60.7 Å². The molecule has 0 bridgehead atoms. The molecule has 0 atom stereocenters. The molecular weight excluding hydrogens is 268 g/mol. The number of esters is 1. The predicted molar refractivity (Wildman–Crippen MR) is 77.4 cm³/mol. The Balaban J connectivity index is 2.25. The second-order valence-corrected chi connectivity index (χ2v) is 4.86. The minimum absolute atomic E-state index is 0.0449. The van der Waals surface area contributed by atoms with E-state index in [1.54, 1.807) is 0 Å². The van der Waals surface area contributed by atoms with E-state index in [1.165, 1.54) is 0 Å². The van der Waals surface area contributed by atoms with Gasteiger partial charge in [0.05, 0.1) is 0 Å². The van der Waals surface area contributed by atoms with E-state index in [4.69, 9.17) is 0 Å². The van der Waals surface area contributed by atoms with E-state index in [0.717, 1.165) is 11.1 Å². The molecule has 0 spiro atoms. The van der Waals surface area contributed by atoms with E-state index in [1.807, 2.05) is 60.7 Å². The number of carbonyl (C=O) groups excluding carboxylic acids is 2. The Bertz CT molecular complexity index is 551. The fourth-order valence-corrected chi connectivity index (χ4v) is 2.23. The molecule has 0 amide bonds. The van der Waals surface area contributed by atoms with Crippen LogP contribution in [0.25, 0.3) is 0 Å². The topological polar surface area (TPSA) is 63.6 Å². The summed E-state index contributed by atoms with van der Waals surface area (Å²) in [6, 6.07) is 18.2. The molecule has 2 rings (SSSR count). The van der Waals surface area contributed by atoms with E-state index in [9.17, 15) is 14.7 Å². The molecule has 0 unspecified atom stereocenters. The monoisotopic (exact) mass is 284 g/mol. The van der Waals surface area contributed by atoms with Gasteiger partial charge in [0, 0.05) is 12.8 Å². The standard InChI is InChI=1S/C17H16O4/c18-13-21-16(19)17(20,11-14-7-3-1-4-8-14)12-15-9-5-2-6-10-15/h1-10,13,20H,11-12H2. The first-order valence-corrected chi connectivity index (χ1v) is 6.59. The SMILES string of the molecule is O=COC(=O)C(O)(Cc1ccccc1)Cc1ccccc1. The van der Waals surface area contributed by atoms with Crippen LogP contribution in [0.2, 0.25) is 0 Å². The summed E-state index contributed by atoms with van der Waals surface area (Å²) in [5.74, 6) is -0.940. The number of hydrogen-bond donors (Lipinski definition) is 1. The molecule has 4 nitrogen and oxygen atoms in total. The van der Waals surface area contributed by atoms with Crippen LogP contribution < -0.4 is 0 Å². The average Bonchev–Trinajstić information content (AvgIpc) is 2.49. The van der Waals surface area contributed by atoms with Crippen molar-refractivity contribution in [2.24, 2.45) is 0 Å². The zero-order valence-electron chi connectivity index (χ0n) is 11.4. The third-order valence-corrected chi connectivity index (χ3v) is 3.21. The molecule has 0 aromatic heterocycles. The third-order valence-electron chi connectivity index (χ3n) is 3.21. The van der Waals surface area contributed by atoms with E-state index in [-0.39, 0.29) is 19.3 Å². The van der Waals surface area contributed by atoms with Crippen molar-refractivity contribution in [1.82, 2.24) is 0 Å². The van der Waals surface area contributed by atoms with Gasteiger partial charge < -0.3 is 9.84 Å². The summed E-state index contributed by atoms with van der Waals surface area (Å²) in [5, 5.41) is 10.7. The van der Waals surface area contributed by atoms with Crippen LogP contribution in [0.4, 0.5) is 0 Å². The van der Waals surface area contributed by atoms with Gasteiger partial charge in [0.2, 0.25) is 0 Å².